The molecule has 8 heteroatoms. The normalized spacial score (nSPS) is 17.1. The lowest BCUT2D eigenvalue weighted by molar-refractivity contribution is 0.355. The van der Waals surface area contributed by atoms with Gasteiger partial charge in [-0.25, -0.2) is 0 Å². The van der Waals surface area contributed by atoms with Gasteiger partial charge in [-0.05, 0) is 12.1 Å². The molecule has 1 aromatic rings. The van der Waals surface area contributed by atoms with Crippen LogP contribution in [0.3, 0.4) is 0 Å². The maximum absolute atomic E-state index is 12.0. The predicted molar refractivity (Wildman–Crippen MR) is 85.1 cm³/mol. The molecule has 20 heavy (non-hydrogen) atoms. The molecular weight excluding hydrogens is 321 g/mol. The molecule has 1 aliphatic rings. The van der Waals surface area contributed by atoms with Gasteiger partial charge in [-0.15, -0.1) is 12.4 Å². The minimum absolute atomic E-state index is 0. The van der Waals surface area contributed by atoms with E-state index in [4.69, 9.17) is 11.6 Å². The summed E-state index contributed by atoms with van der Waals surface area (Å²) < 4.78 is 26.8. The molecule has 1 aliphatic heterocycles. The third-order valence-corrected chi connectivity index (χ3v) is 5.48. The van der Waals surface area contributed by atoms with Gasteiger partial charge >= 0.3 is 0 Å². The average molecular weight is 340 g/mol. The molecule has 0 radical (unpaired) electrons. The zero-order valence-corrected chi connectivity index (χ0v) is 13.9. The van der Waals surface area contributed by atoms with Crippen LogP contribution in [0.25, 0.3) is 0 Å². The number of hydrogen-bond donors (Lipinski definition) is 0. The van der Waals surface area contributed by atoms with Crippen LogP contribution in [-0.2, 0) is 10.2 Å². The lowest BCUT2D eigenvalue weighted by Crippen LogP contribution is -2.51. The van der Waals surface area contributed by atoms with E-state index in [2.05, 4.69) is 4.90 Å². The van der Waals surface area contributed by atoms with Crippen molar-refractivity contribution in [1.82, 2.24) is 8.61 Å². The quantitative estimate of drug-likeness (QED) is 0.841. The number of anilines is 1. The number of halogens is 2. The molecule has 0 amide bonds. The van der Waals surface area contributed by atoms with E-state index in [-0.39, 0.29) is 12.4 Å². The van der Waals surface area contributed by atoms with Gasteiger partial charge in [0.05, 0.1) is 10.7 Å². The number of piperazine rings is 1. The van der Waals surface area contributed by atoms with Crippen LogP contribution in [0.15, 0.2) is 24.3 Å². The zero-order chi connectivity index (χ0) is 14.0. The van der Waals surface area contributed by atoms with Gasteiger partial charge in [-0.3, -0.25) is 0 Å². The summed E-state index contributed by atoms with van der Waals surface area (Å²) in [6.45, 7) is 2.26. The van der Waals surface area contributed by atoms with Crippen molar-refractivity contribution in [3.63, 3.8) is 0 Å². The summed E-state index contributed by atoms with van der Waals surface area (Å²) >= 11 is 6.15. The lowest BCUT2D eigenvalue weighted by Gasteiger charge is -2.36. The van der Waals surface area contributed by atoms with Crippen LogP contribution in [0.5, 0.6) is 0 Å². The fraction of sp³-hybridized carbons (Fsp3) is 0.500. The van der Waals surface area contributed by atoms with Crippen molar-refractivity contribution in [1.29, 1.82) is 0 Å². The van der Waals surface area contributed by atoms with Crippen molar-refractivity contribution in [3.05, 3.63) is 29.3 Å². The monoisotopic (exact) mass is 339 g/mol. The maximum Gasteiger partial charge on any atom is 0.281 e. The van der Waals surface area contributed by atoms with Crippen molar-refractivity contribution < 1.29 is 8.42 Å². The van der Waals surface area contributed by atoms with Crippen molar-refractivity contribution in [2.24, 2.45) is 0 Å². The zero-order valence-electron chi connectivity index (χ0n) is 11.5. The smallest absolute Gasteiger partial charge is 0.281 e. The Bertz CT molecular complexity index is 543. The summed E-state index contributed by atoms with van der Waals surface area (Å²) in [5, 5.41) is 0.700. The van der Waals surface area contributed by atoms with E-state index >= 15 is 0 Å². The first kappa shape index (κ1) is 17.5. The standard InChI is InChI=1S/C12H18ClN3O2S.ClH/c1-14(2)19(17,18)16-9-7-15(8-10-16)12-6-4-3-5-11(12)13;/h3-6H,7-10H2,1-2H3;1H. The Balaban J connectivity index is 0.00000200. The molecule has 0 aromatic heterocycles. The third-order valence-electron chi connectivity index (χ3n) is 3.22. The van der Waals surface area contributed by atoms with Gasteiger partial charge in [-0.1, -0.05) is 23.7 Å². The topological polar surface area (TPSA) is 43.9 Å². The fourth-order valence-electron chi connectivity index (χ4n) is 2.10. The van der Waals surface area contributed by atoms with E-state index in [9.17, 15) is 8.42 Å². The number of benzene rings is 1. The second kappa shape index (κ2) is 6.95. The van der Waals surface area contributed by atoms with Crippen LogP contribution >= 0.6 is 24.0 Å². The number of hydrogen-bond acceptors (Lipinski definition) is 3. The molecule has 1 saturated heterocycles. The average Bonchev–Trinajstić information content (AvgIpc) is 2.39. The van der Waals surface area contributed by atoms with E-state index in [0.29, 0.717) is 31.2 Å². The van der Waals surface area contributed by atoms with Gasteiger partial charge in [0, 0.05) is 40.3 Å². The van der Waals surface area contributed by atoms with Gasteiger partial charge in [0.2, 0.25) is 0 Å². The summed E-state index contributed by atoms with van der Waals surface area (Å²) in [7, 11) is -0.206. The Labute approximate surface area is 131 Å². The number of nitrogens with zero attached hydrogens (tertiary/aromatic N) is 3. The summed E-state index contributed by atoms with van der Waals surface area (Å²) in [6, 6.07) is 7.63. The predicted octanol–water partition coefficient (Wildman–Crippen LogP) is 1.69. The summed E-state index contributed by atoms with van der Waals surface area (Å²) in [6.07, 6.45) is 0. The number of rotatable bonds is 3. The van der Waals surface area contributed by atoms with Crippen LogP contribution in [0, 0.1) is 0 Å². The van der Waals surface area contributed by atoms with E-state index in [1.165, 1.54) is 8.61 Å². The summed E-state index contributed by atoms with van der Waals surface area (Å²) in [4.78, 5) is 2.12. The first-order valence-electron chi connectivity index (χ1n) is 6.10. The Morgan fingerprint density at radius 3 is 2.15 bits per heavy atom. The molecular formula is C12H19Cl2N3O2S. The van der Waals surface area contributed by atoms with Crippen molar-refractivity contribution in [3.8, 4) is 0 Å². The Hall–Kier alpha value is -0.530. The van der Waals surface area contributed by atoms with E-state index in [1.807, 2.05) is 24.3 Å². The molecule has 114 valence electrons. The Morgan fingerprint density at radius 2 is 1.65 bits per heavy atom. The highest BCUT2D eigenvalue weighted by atomic mass is 35.5. The SMILES string of the molecule is CN(C)S(=O)(=O)N1CCN(c2ccccc2Cl)CC1.Cl. The van der Waals surface area contributed by atoms with Crippen LogP contribution in [0.1, 0.15) is 0 Å². The van der Waals surface area contributed by atoms with Crippen LogP contribution in [-0.4, -0.2) is 57.3 Å². The molecule has 1 heterocycles. The van der Waals surface area contributed by atoms with Crippen LogP contribution < -0.4 is 4.90 Å². The van der Waals surface area contributed by atoms with Gasteiger partial charge in [0.25, 0.3) is 10.2 Å². The highest BCUT2D eigenvalue weighted by Gasteiger charge is 2.28. The molecule has 5 nitrogen and oxygen atoms in total. The minimum Gasteiger partial charge on any atom is -0.368 e. The van der Waals surface area contributed by atoms with Crippen molar-refractivity contribution in [2.75, 3.05) is 45.2 Å². The largest absolute Gasteiger partial charge is 0.368 e. The van der Waals surface area contributed by atoms with Crippen LogP contribution in [0.4, 0.5) is 5.69 Å². The van der Waals surface area contributed by atoms with Crippen molar-refractivity contribution >= 4 is 39.9 Å². The number of para-hydroxylation sites is 1. The lowest BCUT2D eigenvalue weighted by atomic mass is 10.2. The highest BCUT2D eigenvalue weighted by molar-refractivity contribution is 7.86. The first-order chi connectivity index (χ1) is 8.93. The van der Waals surface area contributed by atoms with Gasteiger partial charge in [-0.2, -0.15) is 17.0 Å². The fourth-order valence-corrected chi connectivity index (χ4v) is 3.44. The van der Waals surface area contributed by atoms with Gasteiger partial charge in [0.15, 0.2) is 0 Å². The molecule has 0 saturated carbocycles. The third kappa shape index (κ3) is 3.56. The molecule has 0 bridgehead atoms. The summed E-state index contributed by atoms with van der Waals surface area (Å²) in [5.41, 5.74) is 0.964. The molecule has 0 N–H and O–H groups in total. The maximum atomic E-state index is 12.0. The Kier molecular flexibility index (Phi) is 6.09. The molecule has 2 rings (SSSR count). The highest BCUT2D eigenvalue weighted by Crippen LogP contribution is 2.26. The van der Waals surface area contributed by atoms with Crippen LogP contribution in [0.2, 0.25) is 5.02 Å². The first-order valence-corrected chi connectivity index (χ1v) is 7.87. The van der Waals surface area contributed by atoms with E-state index < -0.39 is 10.2 Å². The van der Waals surface area contributed by atoms with Gasteiger partial charge < -0.3 is 4.90 Å². The second-order valence-corrected chi connectivity index (χ2v) is 7.18. The molecule has 0 atom stereocenters. The van der Waals surface area contributed by atoms with E-state index in [0.717, 1.165) is 5.69 Å². The molecule has 0 spiro atoms. The molecule has 0 aliphatic carbocycles. The minimum atomic E-state index is -3.31. The molecule has 1 fully saturated rings. The molecule has 0 unspecified atom stereocenters. The van der Waals surface area contributed by atoms with E-state index in [1.54, 1.807) is 14.1 Å². The Morgan fingerprint density at radius 1 is 1.10 bits per heavy atom. The van der Waals surface area contributed by atoms with Gasteiger partial charge in [0.1, 0.15) is 0 Å². The molecule has 1 aromatic carbocycles. The van der Waals surface area contributed by atoms with Crippen molar-refractivity contribution in [2.45, 2.75) is 0 Å². The summed E-state index contributed by atoms with van der Waals surface area (Å²) in [5.74, 6) is 0. The second-order valence-electron chi connectivity index (χ2n) is 4.63.